The summed E-state index contributed by atoms with van der Waals surface area (Å²) in [5.41, 5.74) is 5.73. The molecule has 0 aromatic carbocycles. The van der Waals surface area contributed by atoms with Gasteiger partial charge in [-0.15, -0.1) is 0 Å². The first kappa shape index (κ1) is 9.92. The highest BCUT2D eigenvalue weighted by atomic mass is 16.3. The van der Waals surface area contributed by atoms with Crippen LogP contribution in [-0.2, 0) is 0 Å². The van der Waals surface area contributed by atoms with Crippen molar-refractivity contribution in [3.05, 3.63) is 0 Å². The van der Waals surface area contributed by atoms with Crippen molar-refractivity contribution in [2.24, 2.45) is 5.73 Å². The summed E-state index contributed by atoms with van der Waals surface area (Å²) in [6.07, 6.45) is 0.305. The highest BCUT2D eigenvalue weighted by Crippen LogP contribution is 2.11. The lowest BCUT2D eigenvalue weighted by molar-refractivity contribution is -0.000903. The summed E-state index contributed by atoms with van der Waals surface area (Å²) in [6.45, 7) is 2.42. The molecule has 1 aliphatic heterocycles. The molecule has 5 N–H and O–H groups in total. The second-order valence-corrected chi connectivity index (χ2v) is 3.58. The third-order valence-corrected chi connectivity index (χ3v) is 2.38. The van der Waals surface area contributed by atoms with Crippen LogP contribution in [0, 0.1) is 0 Å². The maximum atomic E-state index is 9.50. The van der Waals surface area contributed by atoms with E-state index in [0.29, 0.717) is 0 Å². The highest BCUT2D eigenvalue weighted by molar-refractivity contribution is 4.87. The molecule has 1 aliphatic rings. The number of piperidine rings is 1. The van der Waals surface area contributed by atoms with Gasteiger partial charge in [-0.2, -0.15) is 0 Å². The van der Waals surface area contributed by atoms with Crippen LogP contribution >= 0.6 is 0 Å². The summed E-state index contributed by atoms with van der Waals surface area (Å²) in [7, 11) is 0. The molecule has 0 aliphatic carbocycles. The van der Waals surface area contributed by atoms with E-state index in [-0.39, 0.29) is 12.1 Å². The van der Waals surface area contributed by atoms with Crippen LogP contribution in [0.15, 0.2) is 0 Å². The molecule has 1 heterocycles. The van der Waals surface area contributed by atoms with Crippen LogP contribution in [0.4, 0.5) is 0 Å². The number of rotatable bonds is 2. The van der Waals surface area contributed by atoms with Gasteiger partial charge in [-0.05, 0) is 26.3 Å². The largest absolute Gasteiger partial charge is 0.391 e. The number of nitrogens with one attached hydrogen (secondary N) is 1. The van der Waals surface area contributed by atoms with Crippen molar-refractivity contribution in [3.8, 4) is 0 Å². The highest BCUT2D eigenvalue weighted by Gasteiger charge is 2.27. The molecule has 4 unspecified atom stereocenters. The topological polar surface area (TPSA) is 78.5 Å². The fraction of sp³-hybridized carbons (Fsp3) is 1.00. The quantitative estimate of drug-likeness (QED) is 0.424. The van der Waals surface area contributed by atoms with Gasteiger partial charge in [-0.3, -0.25) is 0 Å². The number of hydrogen-bond donors (Lipinski definition) is 4. The van der Waals surface area contributed by atoms with E-state index < -0.39 is 12.2 Å². The van der Waals surface area contributed by atoms with Gasteiger partial charge in [0, 0.05) is 12.1 Å². The lowest BCUT2D eigenvalue weighted by Crippen LogP contribution is -2.52. The van der Waals surface area contributed by atoms with Crippen molar-refractivity contribution in [2.75, 3.05) is 6.54 Å². The SMILES string of the molecule is CC(O)C(O)C1CC(N)CCN1. The van der Waals surface area contributed by atoms with Gasteiger partial charge in [0.05, 0.1) is 12.2 Å². The average molecular weight is 174 g/mol. The Balaban J connectivity index is 2.40. The van der Waals surface area contributed by atoms with Crippen molar-refractivity contribution < 1.29 is 10.2 Å². The average Bonchev–Trinajstić information content (AvgIpc) is 2.03. The van der Waals surface area contributed by atoms with Gasteiger partial charge in [0.15, 0.2) is 0 Å². The van der Waals surface area contributed by atoms with Crippen molar-refractivity contribution in [1.29, 1.82) is 0 Å². The molecule has 1 rings (SSSR count). The van der Waals surface area contributed by atoms with Gasteiger partial charge in [0.1, 0.15) is 0 Å². The molecule has 72 valence electrons. The van der Waals surface area contributed by atoms with Gasteiger partial charge >= 0.3 is 0 Å². The fourth-order valence-electron chi connectivity index (χ4n) is 1.58. The maximum Gasteiger partial charge on any atom is 0.0949 e. The maximum absolute atomic E-state index is 9.50. The molecule has 1 saturated heterocycles. The van der Waals surface area contributed by atoms with Crippen LogP contribution in [0.25, 0.3) is 0 Å². The van der Waals surface area contributed by atoms with Gasteiger partial charge < -0.3 is 21.3 Å². The molecule has 4 nitrogen and oxygen atoms in total. The molecule has 1 fully saturated rings. The molecule has 0 bridgehead atoms. The van der Waals surface area contributed by atoms with E-state index >= 15 is 0 Å². The molecule has 0 spiro atoms. The Morgan fingerprint density at radius 3 is 2.67 bits per heavy atom. The van der Waals surface area contributed by atoms with Crippen LogP contribution in [-0.4, -0.2) is 41.0 Å². The normalized spacial score (nSPS) is 36.0. The molecule has 0 amide bonds. The second kappa shape index (κ2) is 4.18. The summed E-state index contributed by atoms with van der Waals surface area (Å²) in [5.74, 6) is 0. The van der Waals surface area contributed by atoms with E-state index in [9.17, 15) is 5.11 Å². The lowest BCUT2D eigenvalue weighted by Gasteiger charge is -2.32. The minimum absolute atomic E-state index is 0.0475. The Hall–Kier alpha value is -0.160. The monoisotopic (exact) mass is 174 g/mol. The third-order valence-electron chi connectivity index (χ3n) is 2.38. The molecule has 4 atom stereocenters. The van der Waals surface area contributed by atoms with Crippen molar-refractivity contribution in [2.45, 2.75) is 44.1 Å². The molecule has 4 heteroatoms. The predicted octanol–water partition coefficient (Wildman–Crippen LogP) is -1.19. The zero-order valence-corrected chi connectivity index (χ0v) is 7.40. The standard InChI is InChI=1S/C8H18N2O2/c1-5(11)8(12)7-4-6(9)2-3-10-7/h5-8,10-12H,2-4,9H2,1H3. The van der Waals surface area contributed by atoms with Crippen LogP contribution in [0.2, 0.25) is 0 Å². The minimum Gasteiger partial charge on any atom is -0.391 e. The van der Waals surface area contributed by atoms with Crippen LogP contribution in [0.1, 0.15) is 19.8 Å². The Kier molecular flexibility index (Phi) is 3.46. The summed E-state index contributed by atoms with van der Waals surface area (Å²) in [5, 5.41) is 21.8. The first-order valence-electron chi connectivity index (χ1n) is 4.46. The van der Waals surface area contributed by atoms with Crippen molar-refractivity contribution in [3.63, 3.8) is 0 Å². The third kappa shape index (κ3) is 2.42. The van der Waals surface area contributed by atoms with Crippen molar-refractivity contribution >= 4 is 0 Å². The predicted molar refractivity (Wildman–Crippen MR) is 46.7 cm³/mol. The zero-order valence-electron chi connectivity index (χ0n) is 7.40. The number of aliphatic hydroxyl groups excluding tert-OH is 2. The molecule has 0 saturated carbocycles. The van der Waals surface area contributed by atoms with Crippen LogP contribution in [0.3, 0.4) is 0 Å². The number of nitrogens with two attached hydrogens (primary N) is 1. The fourth-order valence-corrected chi connectivity index (χ4v) is 1.58. The van der Waals surface area contributed by atoms with Gasteiger partial charge in [-0.1, -0.05) is 0 Å². The summed E-state index contributed by atoms with van der Waals surface area (Å²) in [6, 6.07) is 0.110. The number of hydrogen-bond acceptors (Lipinski definition) is 4. The Morgan fingerprint density at radius 2 is 2.17 bits per heavy atom. The molecule has 0 aromatic rings. The number of aliphatic hydroxyl groups is 2. The smallest absolute Gasteiger partial charge is 0.0949 e. The first-order chi connectivity index (χ1) is 5.61. The Bertz CT molecular complexity index is 141. The Morgan fingerprint density at radius 1 is 1.50 bits per heavy atom. The van der Waals surface area contributed by atoms with Gasteiger partial charge in [0.25, 0.3) is 0 Å². The molecule has 12 heavy (non-hydrogen) atoms. The lowest BCUT2D eigenvalue weighted by atomic mass is 9.94. The second-order valence-electron chi connectivity index (χ2n) is 3.58. The summed E-state index contributed by atoms with van der Waals surface area (Å²) >= 11 is 0. The van der Waals surface area contributed by atoms with Crippen LogP contribution in [0.5, 0.6) is 0 Å². The molecule has 0 radical (unpaired) electrons. The zero-order chi connectivity index (χ0) is 9.14. The van der Waals surface area contributed by atoms with E-state index in [4.69, 9.17) is 10.8 Å². The summed E-state index contributed by atoms with van der Waals surface area (Å²) in [4.78, 5) is 0. The summed E-state index contributed by atoms with van der Waals surface area (Å²) < 4.78 is 0. The Labute approximate surface area is 72.8 Å². The van der Waals surface area contributed by atoms with Gasteiger partial charge in [0.2, 0.25) is 0 Å². The van der Waals surface area contributed by atoms with Crippen molar-refractivity contribution in [1.82, 2.24) is 5.32 Å². The minimum atomic E-state index is -0.698. The van der Waals surface area contributed by atoms with E-state index in [1.807, 2.05) is 0 Å². The van der Waals surface area contributed by atoms with E-state index in [0.717, 1.165) is 19.4 Å². The first-order valence-corrected chi connectivity index (χ1v) is 4.46. The van der Waals surface area contributed by atoms with E-state index in [1.54, 1.807) is 6.92 Å². The molecular weight excluding hydrogens is 156 g/mol. The molecule has 0 aromatic heterocycles. The van der Waals surface area contributed by atoms with E-state index in [1.165, 1.54) is 0 Å². The van der Waals surface area contributed by atoms with E-state index in [2.05, 4.69) is 5.32 Å². The molecular formula is C8H18N2O2. The van der Waals surface area contributed by atoms with Crippen LogP contribution < -0.4 is 11.1 Å². The van der Waals surface area contributed by atoms with Gasteiger partial charge in [-0.25, -0.2) is 0 Å².